The van der Waals surface area contributed by atoms with E-state index >= 15 is 0 Å². The molecule has 0 heterocycles. The Labute approximate surface area is 144 Å². The maximum Gasteiger partial charge on any atom is 0.166 e. The number of hydrogen-bond acceptors (Lipinski definition) is 4. The molecule has 4 nitrogen and oxygen atoms in total. The third kappa shape index (κ3) is 4.98. The minimum atomic E-state index is -0.350. The van der Waals surface area contributed by atoms with Crippen LogP contribution in [-0.2, 0) is 13.2 Å². The van der Waals surface area contributed by atoms with Gasteiger partial charge in [-0.25, -0.2) is 0 Å². The Morgan fingerprint density at radius 1 is 1.12 bits per heavy atom. The zero-order chi connectivity index (χ0) is 17.6. The van der Waals surface area contributed by atoms with Gasteiger partial charge in [0.2, 0.25) is 0 Å². The summed E-state index contributed by atoms with van der Waals surface area (Å²) in [7, 11) is 1.64. The van der Waals surface area contributed by atoms with E-state index in [0.717, 1.165) is 16.9 Å². The zero-order valence-electron chi connectivity index (χ0n) is 14.9. The van der Waals surface area contributed by atoms with Gasteiger partial charge >= 0.3 is 0 Å². The van der Waals surface area contributed by atoms with E-state index in [1.54, 1.807) is 7.11 Å². The molecule has 0 bridgehead atoms. The summed E-state index contributed by atoms with van der Waals surface area (Å²) in [6.45, 7) is 7.13. The molecule has 2 aromatic carbocycles. The molecule has 0 radical (unpaired) electrons. The summed E-state index contributed by atoms with van der Waals surface area (Å²) in [5.74, 6) is 1.45. The highest BCUT2D eigenvalue weighted by Crippen LogP contribution is 2.32. The number of methoxy groups -OCH3 is 1. The number of nitrogens with one attached hydrogen (secondary N) is 1. The van der Waals surface area contributed by atoms with Gasteiger partial charge in [0.05, 0.1) is 13.7 Å². The fourth-order valence-corrected chi connectivity index (χ4v) is 2.37. The van der Waals surface area contributed by atoms with Gasteiger partial charge in [0.15, 0.2) is 11.5 Å². The topological polar surface area (TPSA) is 50.7 Å². The highest BCUT2D eigenvalue weighted by molar-refractivity contribution is 5.46. The Morgan fingerprint density at radius 2 is 1.88 bits per heavy atom. The quantitative estimate of drug-likeness (QED) is 0.779. The second-order valence-corrected chi connectivity index (χ2v) is 6.62. The SMILES string of the molecule is COc1cccc(CNC(C)(C)CO)c1OCc1cccc(C)c1. The molecule has 2 aromatic rings. The van der Waals surface area contributed by atoms with Crippen LogP contribution in [0.3, 0.4) is 0 Å². The van der Waals surface area contributed by atoms with E-state index in [0.29, 0.717) is 18.9 Å². The van der Waals surface area contributed by atoms with E-state index in [1.165, 1.54) is 5.56 Å². The Hall–Kier alpha value is -2.04. The van der Waals surface area contributed by atoms with Crippen molar-refractivity contribution >= 4 is 0 Å². The van der Waals surface area contributed by atoms with Crippen LogP contribution in [0.4, 0.5) is 0 Å². The fraction of sp³-hybridized carbons (Fsp3) is 0.400. The maximum atomic E-state index is 9.40. The summed E-state index contributed by atoms with van der Waals surface area (Å²) in [4.78, 5) is 0. The minimum absolute atomic E-state index is 0.0659. The first-order chi connectivity index (χ1) is 11.4. The number of aryl methyl sites for hydroxylation is 1. The molecular formula is C20H27NO3. The third-order valence-electron chi connectivity index (χ3n) is 3.90. The normalized spacial score (nSPS) is 11.4. The number of rotatable bonds is 8. The van der Waals surface area contributed by atoms with E-state index < -0.39 is 0 Å². The number of benzene rings is 2. The van der Waals surface area contributed by atoms with Crippen LogP contribution in [0.5, 0.6) is 11.5 Å². The molecule has 0 fully saturated rings. The van der Waals surface area contributed by atoms with Gasteiger partial charge in [0.25, 0.3) is 0 Å². The van der Waals surface area contributed by atoms with Crippen LogP contribution in [-0.4, -0.2) is 24.4 Å². The van der Waals surface area contributed by atoms with E-state index in [4.69, 9.17) is 9.47 Å². The van der Waals surface area contributed by atoms with Crippen molar-refractivity contribution in [2.45, 2.75) is 39.5 Å². The molecule has 0 atom stereocenters. The summed E-state index contributed by atoms with van der Waals surface area (Å²) >= 11 is 0. The molecule has 0 unspecified atom stereocenters. The molecule has 0 saturated carbocycles. The lowest BCUT2D eigenvalue weighted by Gasteiger charge is -2.24. The van der Waals surface area contributed by atoms with Crippen molar-refractivity contribution in [3.63, 3.8) is 0 Å². The Balaban J connectivity index is 2.17. The van der Waals surface area contributed by atoms with Gasteiger partial charge in [-0.15, -0.1) is 0 Å². The van der Waals surface area contributed by atoms with Crippen LogP contribution in [0.15, 0.2) is 42.5 Å². The molecule has 0 aliphatic heterocycles. The first-order valence-corrected chi connectivity index (χ1v) is 8.15. The Bertz CT molecular complexity index is 668. The Kier molecular flexibility index (Phi) is 6.23. The number of aliphatic hydroxyl groups is 1. The van der Waals surface area contributed by atoms with Crippen LogP contribution >= 0.6 is 0 Å². The van der Waals surface area contributed by atoms with Crippen LogP contribution in [0.2, 0.25) is 0 Å². The zero-order valence-corrected chi connectivity index (χ0v) is 14.9. The molecule has 0 aliphatic carbocycles. The van der Waals surface area contributed by atoms with Crippen molar-refractivity contribution < 1.29 is 14.6 Å². The molecule has 24 heavy (non-hydrogen) atoms. The number of ether oxygens (including phenoxy) is 2. The van der Waals surface area contributed by atoms with Gasteiger partial charge < -0.3 is 19.9 Å². The molecule has 130 valence electrons. The van der Waals surface area contributed by atoms with E-state index in [9.17, 15) is 5.11 Å². The predicted octanol–water partition coefficient (Wildman–Crippen LogP) is 3.44. The van der Waals surface area contributed by atoms with Crippen molar-refractivity contribution in [2.24, 2.45) is 0 Å². The van der Waals surface area contributed by atoms with Crippen LogP contribution in [0, 0.1) is 6.92 Å². The lowest BCUT2D eigenvalue weighted by molar-refractivity contribution is 0.186. The predicted molar refractivity (Wildman–Crippen MR) is 96.5 cm³/mol. The first kappa shape index (κ1) is 18.3. The van der Waals surface area contributed by atoms with E-state index in [1.807, 2.05) is 38.1 Å². The standard InChI is InChI=1S/C20H27NO3/c1-15-7-5-8-16(11-15)13-24-19-17(9-6-10-18(19)23-4)12-21-20(2,3)14-22/h5-11,21-22H,12-14H2,1-4H3. The highest BCUT2D eigenvalue weighted by atomic mass is 16.5. The van der Waals surface area contributed by atoms with Crippen molar-refractivity contribution in [2.75, 3.05) is 13.7 Å². The summed E-state index contributed by atoms with van der Waals surface area (Å²) in [5.41, 5.74) is 2.98. The molecule has 0 aromatic heterocycles. The first-order valence-electron chi connectivity index (χ1n) is 8.15. The number of aliphatic hydroxyl groups excluding tert-OH is 1. The van der Waals surface area contributed by atoms with Crippen LogP contribution < -0.4 is 14.8 Å². The molecule has 0 spiro atoms. The molecule has 0 aliphatic rings. The average molecular weight is 329 g/mol. The molecular weight excluding hydrogens is 302 g/mol. The van der Waals surface area contributed by atoms with Crippen LogP contribution in [0.1, 0.15) is 30.5 Å². The molecule has 2 rings (SSSR count). The average Bonchev–Trinajstić information content (AvgIpc) is 2.58. The van der Waals surface area contributed by atoms with Crippen molar-refractivity contribution in [3.8, 4) is 11.5 Å². The second-order valence-electron chi connectivity index (χ2n) is 6.62. The lowest BCUT2D eigenvalue weighted by atomic mass is 10.1. The minimum Gasteiger partial charge on any atom is -0.493 e. The summed E-state index contributed by atoms with van der Waals surface area (Å²) in [5, 5.41) is 12.7. The largest absolute Gasteiger partial charge is 0.493 e. The van der Waals surface area contributed by atoms with E-state index in [2.05, 4.69) is 30.4 Å². The summed E-state index contributed by atoms with van der Waals surface area (Å²) in [6, 6.07) is 14.1. The molecule has 0 amide bonds. The van der Waals surface area contributed by atoms with Crippen molar-refractivity contribution in [3.05, 3.63) is 59.2 Å². The van der Waals surface area contributed by atoms with Gasteiger partial charge in [-0.1, -0.05) is 42.0 Å². The van der Waals surface area contributed by atoms with Gasteiger partial charge in [-0.05, 0) is 32.4 Å². The van der Waals surface area contributed by atoms with Gasteiger partial charge in [-0.3, -0.25) is 0 Å². The molecule has 4 heteroatoms. The maximum absolute atomic E-state index is 9.40. The molecule has 2 N–H and O–H groups in total. The second kappa shape index (κ2) is 8.18. The summed E-state index contributed by atoms with van der Waals surface area (Å²) < 4.78 is 11.5. The van der Waals surface area contributed by atoms with Crippen LogP contribution in [0.25, 0.3) is 0 Å². The van der Waals surface area contributed by atoms with Crippen molar-refractivity contribution in [1.29, 1.82) is 0 Å². The van der Waals surface area contributed by atoms with Gasteiger partial charge in [0, 0.05) is 17.6 Å². The summed E-state index contributed by atoms with van der Waals surface area (Å²) in [6.07, 6.45) is 0. The number of hydrogen-bond donors (Lipinski definition) is 2. The smallest absolute Gasteiger partial charge is 0.166 e. The van der Waals surface area contributed by atoms with Gasteiger partial charge in [-0.2, -0.15) is 0 Å². The highest BCUT2D eigenvalue weighted by Gasteiger charge is 2.17. The fourth-order valence-electron chi connectivity index (χ4n) is 2.37. The third-order valence-corrected chi connectivity index (χ3v) is 3.90. The number of para-hydroxylation sites is 1. The van der Waals surface area contributed by atoms with Gasteiger partial charge in [0.1, 0.15) is 6.61 Å². The van der Waals surface area contributed by atoms with Crippen molar-refractivity contribution in [1.82, 2.24) is 5.32 Å². The van der Waals surface area contributed by atoms with E-state index in [-0.39, 0.29) is 12.1 Å². The Morgan fingerprint density at radius 3 is 2.54 bits per heavy atom. The lowest BCUT2D eigenvalue weighted by Crippen LogP contribution is -2.42. The monoisotopic (exact) mass is 329 g/mol. The molecule has 0 saturated heterocycles.